The number of carbonyl (C=O) groups is 1. The lowest BCUT2D eigenvalue weighted by Gasteiger charge is -1.89. The average Bonchev–Trinajstić information content (AvgIpc) is 1.82. The van der Waals surface area contributed by atoms with Gasteiger partial charge in [0.2, 0.25) is 5.91 Å². The molecule has 50 valence electrons. The Hall–Kier alpha value is -1.05. The van der Waals surface area contributed by atoms with Gasteiger partial charge < -0.3 is 5.73 Å². The number of primary amides is 1. The van der Waals surface area contributed by atoms with Crippen LogP contribution in [0.15, 0.2) is 23.8 Å². The van der Waals surface area contributed by atoms with Crippen LogP contribution in [0.1, 0.15) is 13.8 Å². The predicted molar refractivity (Wildman–Crippen MR) is 37.8 cm³/mol. The topological polar surface area (TPSA) is 43.1 Å². The third kappa shape index (κ3) is 2.69. The van der Waals surface area contributed by atoms with Gasteiger partial charge in [-0.15, -0.1) is 0 Å². The van der Waals surface area contributed by atoms with Gasteiger partial charge in [-0.2, -0.15) is 0 Å². The third-order valence-electron chi connectivity index (χ3n) is 0.942. The van der Waals surface area contributed by atoms with Gasteiger partial charge in [-0.1, -0.05) is 18.2 Å². The molecule has 2 N–H and O–H groups in total. The molecule has 0 aromatic heterocycles. The second-order valence-electron chi connectivity index (χ2n) is 1.61. The maximum Gasteiger partial charge on any atom is 0.248 e. The minimum Gasteiger partial charge on any atom is -0.366 e. The van der Waals surface area contributed by atoms with Crippen LogP contribution >= 0.6 is 0 Å². The average molecular weight is 125 g/mol. The van der Waals surface area contributed by atoms with Crippen molar-refractivity contribution in [3.05, 3.63) is 23.8 Å². The van der Waals surface area contributed by atoms with Crippen molar-refractivity contribution in [2.75, 3.05) is 0 Å². The first-order valence-electron chi connectivity index (χ1n) is 2.81. The van der Waals surface area contributed by atoms with Crippen molar-refractivity contribution in [2.45, 2.75) is 13.8 Å². The molecule has 0 unspecified atom stereocenters. The van der Waals surface area contributed by atoms with Gasteiger partial charge >= 0.3 is 0 Å². The highest BCUT2D eigenvalue weighted by Gasteiger charge is 1.94. The van der Waals surface area contributed by atoms with Crippen molar-refractivity contribution in [3.63, 3.8) is 0 Å². The first kappa shape index (κ1) is 7.95. The Balaban J connectivity index is 4.19. The lowest BCUT2D eigenvalue weighted by Crippen LogP contribution is -2.11. The minimum atomic E-state index is -0.379. The summed E-state index contributed by atoms with van der Waals surface area (Å²) in [5.74, 6) is -0.379. The molecule has 2 heteroatoms. The zero-order valence-corrected chi connectivity index (χ0v) is 5.72. The van der Waals surface area contributed by atoms with E-state index in [9.17, 15) is 4.79 Å². The van der Waals surface area contributed by atoms with Crippen molar-refractivity contribution in [3.8, 4) is 0 Å². The number of nitrogens with two attached hydrogens (primary N) is 1. The Bertz CT molecular complexity index is 156. The highest BCUT2D eigenvalue weighted by Crippen LogP contribution is 1.93. The summed E-state index contributed by atoms with van der Waals surface area (Å²) in [6.45, 7) is 3.62. The highest BCUT2D eigenvalue weighted by molar-refractivity contribution is 5.94. The molecule has 1 amide bonds. The molecule has 0 fully saturated rings. The molecule has 0 aromatic rings. The lowest BCUT2D eigenvalue weighted by atomic mass is 10.2. The van der Waals surface area contributed by atoms with E-state index in [0.717, 1.165) is 0 Å². The molecule has 0 bridgehead atoms. The van der Waals surface area contributed by atoms with Crippen LogP contribution in [0.2, 0.25) is 0 Å². The molecule has 0 aliphatic heterocycles. The van der Waals surface area contributed by atoms with E-state index < -0.39 is 0 Å². The second-order valence-corrected chi connectivity index (χ2v) is 1.61. The number of hydrogen-bond acceptors (Lipinski definition) is 1. The van der Waals surface area contributed by atoms with Crippen LogP contribution in [0.3, 0.4) is 0 Å². The molecule has 2 nitrogen and oxygen atoms in total. The molecule has 0 rings (SSSR count). The number of amides is 1. The SMILES string of the molecule is CC=C/C(=C\C)C(N)=O. The molecule has 0 heterocycles. The Kier molecular flexibility index (Phi) is 3.44. The minimum absolute atomic E-state index is 0.379. The second kappa shape index (κ2) is 3.89. The summed E-state index contributed by atoms with van der Waals surface area (Å²) in [6.07, 6.45) is 5.14. The van der Waals surface area contributed by atoms with E-state index in [1.54, 1.807) is 25.2 Å². The van der Waals surface area contributed by atoms with Crippen LogP contribution in [-0.2, 0) is 4.79 Å². The number of hydrogen-bond donors (Lipinski definition) is 1. The van der Waals surface area contributed by atoms with E-state index in [0.29, 0.717) is 5.57 Å². The number of carbonyl (C=O) groups excluding carboxylic acids is 1. The van der Waals surface area contributed by atoms with E-state index in [4.69, 9.17) is 5.73 Å². The van der Waals surface area contributed by atoms with E-state index in [1.165, 1.54) is 0 Å². The van der Waals surface area contributed by atoms with Crippen molar-refractivity contribution in [2.24, 2.45) is 5.73 Å². The monoisotopic (exact) mass is 125 g/mol. The maximum absolute atomic E-state index is 10.4. The zero-order valence-electron chi connectivity index (χ0n) is 5.72. The predicted octanol–water partition coefficient (Wildman–Crippen LogP) is 0.994. The first-order chi connectivity index (χ1) is 4.22. The van der Waals surface area contributed by atoms with E-state index in [2.05, 4.69) is 0 Å². The number of allylic oxidation sites excluding steroid dienone is 2. The van der Waals surface area contributed by atoms with Crippen LogP contribution in [0.5, 0.6) is 0 Å². The normalized spacial score (nSPS) is 12.4. The van der Waals surface area contributed by atoms with Crippen molar-refractivity contribution < 1.29 is 4.79 Å². The molecule has 0 aliphatic carbocycles. The fourth-order valence-electron chi connectivity index (χ4n) is 0.500. The van der Waals surface area contributed by atoms with Gasteiger partial charge in [-0.3, -0.25) is 4.79 Å². The smallest absolute Gasteiger partial charge is 0.248 e. The van der Waals surface area contributed by atoms with Gasteiger partial charge in [0.05, 0.1) is 0 Å². The molecule has 0 saturated heterocycles. The van der Waals surface area contributed by atoms with Crippen molar-refractivity contribution >= 4 is 5.91 Å². The molecule has 0 aromatic carbocycles. The van der Waals surface area contributed by atoms with Gasteiger partial charge in [0.15, 0.2) is 0 Å². The van der Waals surface area contributed by atoms with Crippen LogP contribution in [-0.4, -0.2) is 5.91 Å². The van der Waals surface area contributed by atoms with E-state index >= 15 is 0 Å². The molecular formula is C7H11NO. The summed E-state index contributed by atoms with van der Waals surface area (Å²) < 4.78 is 0. The van der Waals surface area contributed by atoms with Gasteiger partial charge in [-0.05, 0) is 13.8 Å². The van der Waals surface area contributed by atoms with Crippen LogP contribution in [0.25, 0.3) is 0 Å². The molecule has 0 atom stereocenters. The van der Waals surface area contributed by atoms with Gasteiger partial charge in [0, 0.05) is 5.57 Å². The van der Waals surface area contributed by atoms with Gasteiger partial charge in [0.1, 0.15) is 0 Å². The summed E-state index contributed by atoms with van der Waals surface area (Å²) in [4.78, 5) is 10.4. The Morgan fingerprint density at radius 1 is 1.44 bits per heavy atom. The van der Waals surface area contributed by atoms with Crippen LogP contribution in [0.4, 0.5) is 0 Å². The van der Waals surface area contributed by atoms with Gasteiger partial charge in [-0.25, -0.2) is 0 Å². The standard InChI is InChI=1S/C7H11NO/c1-3-5-6(4-2)7(8)9/h3-5H,1-2H3,(H2,8,9)/b5-3?,6-4+. The summed E-state index contributed by atoms with van der Waals surface area (Å²) in [7, 11) is 0. The summed E-state index contributed by atoms with van der Waals surface area (Å²) in [6, 6.07) is 0. The summed E-state index contributed by atoms with van der Waals surface area (Å²) in [5, 5.41) is 0. The van der Waals surface area contributed by atoms with Crippen molar-refractivity contribution in [1.82, 2.24) is 0 Å². The highest BCUT2D eigenvalue weighted by atomic mass is 16.1. The molecule has 0 saturated carbocycles. The number of rotatable bonds is 2. The molecule has 0 radical (unpaired) electrons. The Morgan fingerprint density at radius 2 is 2.00 bits per heavy atom. The van der Waals surface area contributed by atoms with E-state index in [1.807, 2.05) is 6.92 Å². The van der Waals surface area contributed by atoms with Crippen LogP contribution < -0.4 is 5.73 Å². The zero-order chi connectivity index (χ0) is 7.28. The molecule has 0 spiro atoms. The molecule has 0 aliphatic rings. The molecule has 9 heavy (non-hydrogen) atoms. The summed E-state index contributed by atoms with van der Waals surface area (Å²) in [5.41, 5.74) is 5.53. The first-order valence-corrected chi connectivity index (χ1v) is 2.81. The maximum atomic E-state index is 10.4. The fraction of sp³-hybridized carbons (Fsp3) is 0.286. The fourth-order valence-corrected chi connectivity index (χ4v) is 0.500. The van der Waals surface area contributed by atoms with Crippen LogP contribution in [0, 0.1) is 0 Å². The quantitative estimate of drug-likeness (QED) is 0.434. The third-order valence-corrected chi connectivity index (χ3v) is 0.942. The van der Waals surface area contributed by atoms with Gasteiger partial charge in [0.25, 0.3) is 0 Å². The largest absolute Gasteiger partial charge is 0.366 e. The van der Waals surface area contributed by atoms with E-state index in [-0.39, 0.29) is 5.91 Å². The lowest BCUT2D eigenvalue weighted by molar-refractivity contribution is -0.114. The van der Waals surface area contributed by atoms with Crippen molar-refractivity contribution in [1.29, 1.82) is 0 Å². The Labute approximate surface area is 55.1 Å². The Morgan fingerprint density at radius 3 is 2.11 bits per heavy atom. The molecular weight excluding hydrogens is 114 g/mol. The summed E-state index contributed by atoms with van der Waals surface area (Å²) >= 11 is 0.